The Morgan fingerprint density at radius 1 is 1.19 bits per heavy atom. The average molecular weight is 390 g/mol. The quantitative estimate of drug-likeness (QED) is 0.364. The van der Waals surface area contributed by atoms with Gasteiger partial charge in [0.1, 0.15) is 5.75 Å². The van der Waals surface area contributed by atoms with Gasteiger partial charge in [0, 0.05) is 44.1 Å². The number of carbonyl (C=O) groups excluding carboxylic acids is 1. The highest BCUT2D eigenvalue weighted by Crippen LogP contribution is 2.22. The molecule has 0 saturated carbocycles. The summed E-state index contributed by atoms with van der Waals surface area (Å²) in [4.78, 5) is 20.0. The van der Waals surface area contributed by atoms with Crippen LogP contribution in [0.2, 0.25) is 5.02 Å². The second-order valence-electron chi connectivity index (χ2n) is 5.63. The molecule has 0 unspecified atom stereocenters. The first-order valence-corrected chi connectivity index (χ1v) is 8.97. The summed E-state index contributed by atoms with van der Waals surface area (Å²) in [5.74, 6) is 1.25. The molecule has 0 saturated heterocycles. The SMILES string of the molecule is CN=C(NCCNC(=O)c1cccnc1)NCCc1ccc(OC)cc1Cl. The first kappa shape index (κ1) is 20.5. The molecule has 0 atom stereocenters. The summed E-state index contributed by atoms with van der Waals surface area (Å²) in [6.07, 6.45) is 3.92. The summed E-state index contributed by atoms with van der Waals surface area (Å²) >= 11 is 6.24. The van der Waals surface area contributed by atoms with Crippen LogP contribution in [-0.4, -0.2) is 50.6 Å². The number of rotatable bonds is 8. The maximum Gasteiger partial charge on any atom is 0.252 e. The lowest BCUT2D eigenvalue weighted by atomic mass is 10.1. The molecule has 27 heavy (non-hydrogen) atoms. The van der Waals surface area contributed by atoms with Crippen molar-refractivity contribution in [2.45, 2.75) is 6.42 Å². The van der Waals surface area contributed by atoms with Crippen molar-refractivity contribution in [3.8, 4) is 5.75 Å². The molecule has 0 radical (unpaired) electrons. The predicted molar refractivity (Wildman–Crippen MR) is 108 cm³/mol. The van der Waals surface area contributed by atoms with E-state index in [1.807, 2.05) is 12.1 Å². The predicted octanol–water partition coefficient (Wildman–Crippen LogP) is 1.88. The smallest absolute Gasteiger partial charge is 0.252 e. The lowest BCUT2D eigenvalue weighted by Gasteiger charge is -2.13. The highest BCUT2D eigenvalue weighted by molar-refractivity contribution is 6.31. The minimum Gasteiger partial charge on any atom is -0.497 e. The van der Waals surface area contributed by atoms with Gasteiger partial charge < -0.3 is 20.7 Å². The highest BCUT2D eigenvalue weighted by atomic mass is 35.5. The number of nitrogens with one attached hydrogen (secondary N) is 3. The molecule has 0 aliphatic heterocycles. The Hall–Kier alpha value is -2.80. The summed E-state index contributed by atoms with van der Waals surface area (Å²) < 4.78 is 5.15. The van der Waals surface area contributed by atoms with Gasteiger partial charge in [-0.1, -0.05) is 17.7 Å². The zero-order chi connectivity index (χ0) is 19.5. The first-order chi connectivity index (χ1) is 13.1. The molecule has 1 heterocycles. The van der Waals surface area contributed by atoms with Gasteiger partial charge in [-0.25, -0.2) is 0 Å². The Kier molecular flexibility index (Phi) is 8.38. The Morgan fingerprint density at radius 3 is 2.63 bits per heavy atom. The van der Waals surface area contributed by atoms with Gasteiger partial charge in [0.2, 0.25) is 0 Å². The molecule has 0 fully saturated rings. The molecule has 2 aromatic rings. The van der Waals surface area contributed by atoms with Crippen LogP contribution in [0, 0.1) is 0 Å². The number of nitrogens with zero attached hydrogens (tertiary/aromatic N) is 2. The number of aliphatic imine (C=N–C) groups is 1. The normalized spacial score (nSPS) is 11.0. The van der Waals surface area contributed by atoms with E-state index < -0.39 is 0 Å². The van der Waals surface area contributed by atoms with Crippen molar-refractivity contribution in [1.82, 2.24) is 20.9 Å². The summed E-state index contributed by atoms with van der Waals surface area (Å²) in [6.45, 7) is 1.70. The van der Waals surface area contributed by atoms with Crippen LogP contribution in [0.5, 0.6) is 5.75 Å². The number of guanidine groups is 1. The minimum atomic E-state index is -0.151. The molecule has 1 aromatic heterocycles. The fourth-order valence-corrected chi connectivity index (χ4v) is 2.62. The van der Waals surface area contributed by atoms with Crippen LogP contribution in [-0.2, 0) is 6.42 Å². The van der Waals surface area contributed by atoms with Crippen LogP contribution < -0.4 is 20.7 Å². The van der Waals surface area contributed by atoms with Gasteiger partial charge in [-0.2, -0.15) is 0 Å². The van der Waals surface area contributed by atoms with E-state index in [-0.39, 0.29) is 5.91 Å². The number of carbonyl (C=O) groups is 1. The second kappa shape index (κ2) is 11.0. The van der Waals surface area contributed by atoms with Crippen LogP contribution in [0.15, 0.2) is 47.7 Å². The molecule has 144 valence electrons. The van der Waals surface area contributed by atoms with Gasteiger partial charge >= 0.3 is 0 Å². The molecule has 8 heteroatoms. The number of ether oxygens (including phenoxy) is 1. The van der Waals surface area contributed by atoms with Crippen LogP contribution in [0.1, 0.15) is 15.9 Å². The minimum absolute atomic E-state index is 0.151. The monoisotopic (exact) mass is 389 g/mol. The van der Waals surface area contributed by atoms with E-state index in [0.29, 0.717) is 36.2 Å². The Morgan fingerprint density at radius 2 is 1.96 bits per heavy atom. The topological polar surface area (TPSA) is 87.6 Å². The number of amides is 1. The molecule has 1 aromatic carbocycles. The molecule has 0 spiro atoms. The third kappa shape index (κ3) is 6.79. The third-order valence-corrected chi connectivity index (χ3v) is 4.15. The molecular weight excluding hydrogens is 366 g/mol. The number of halogens is 1. The molecule has 0 aliphatic carbocycles. The fourth-order valence-electron chi connectivity index (χ4n) is 2.35. The average Bonchev–Trinajstić information content (AvgIpc) is 2.71. The van der Waals surface area contributed by atoms with E-state index >= 15 is 0 Å². The van der Waals surface area contributed by atoms with E-state index in [9.17, 15) is 4.79 Å². The molecule has 2 rings (SSSR count). The maximum absolute atomic E-state index is 11.9. The summed E-state index contributed by atoms with van der Waals surface area (Å²) in [5.41, 5.74) is 1.57. The van der Waals surface area contributed by atoms with Crippen LogP contribution in [0.3, 0.4) is 0 Å². The molecule has 3 N–H and O–H groups in total. The summed E-state index contributed by atoms with van der Waals surface area (Å²) in [7, 11) is 3.31. The van der Waals surface area contributed by atoms with Crippen molar-refractivity contribution in [1.29, 1.82) is 0 Å². The summed E-state index contributed by atoms with van der Waals surface area (Å²) in [5, 5.41) is 9.87. The number of methoxy groups -OCH3 is 1. The van der Waals surface area contributed by atoms with Gasteiger partial charge in [-0.05, 0) is 36.2 Å². The van der Waals surface area contributed by atoms with Crippen molar-refractivity contribution >= 4 is 23.5 Å². The lowest BCUT2D eigenvalue weighted by molar-refractivity contribution is 0.0954. The molecule has 0 bridgehead atoms. The van der Waals surface area contributed by atoms with Crippen molar-refractivity contribution in [3.05, 3.63) is 58.9 Å². The Labute approximate surface area is 164 Å². The first-order valence-electron chi connectivity index (χ1n) is 8.59. The van der Waals surface area contributed by atoms with Crippen molar-refractivity contribution in [3.63, 3.8) is 0 Å². The molecule has 7 nitrogen and oxygen atoms in total. The van der Waals surface area contributed by atoms with Crippen molar-refractivity contribution in [2.75, 3.05) is 33.8 Å². The largest absolute Gasteiger partial charge is 0.497 e. The Bertz CT molecular complexity index is 768. The number of hydrogen-bond acceptors (Lipinski definition) is 4. The zero-order valence-electron chi connectivity index (χ0n) is 15.5. The standard InChI is InChI=1S/C19H24ClN5O2/c1-21-19(24-9-7-14-5-6-16(27-2)12-17(14)20)25-11-10-23-18(26)15-4-3-8-22-13-15/h3-6,8,12-13H,7,9-11H2,1-2H3,(H,23,26)(H2,21,24,25). The fraction of sp³-hybridized carbons (Fsp3) is 0.316. The molecule has 1 amide bonds. The maximum atomic E-state index is 11.9. The van der Waals surface area contributed by atoms with E-state index in [0.717, 1.165) is 17.7 Å². The van der Waals surface area contributed by atoms with Crippen LogP contribution in [0.25, 0.3) is 0 Å². The van der Waals surface area contributed by atoms with Crippen LogP contribution >= 0.6 is 11.6 Å². The number of pyridine rings is 1. The van der Waals surface area contributed by atoms with Crippen molar-refractivity contribution < 1.29 is 9.53 Å². The summed E-state index contributed by atoms with van der Waals surface area (Å²) in [6, 6.07) is 9.09. The van der Waals surface area contributed by atoms with E-state index in [1.165, 1.54) is 6.20 Å². The van der Waals surface area contributed by atoms with Gasteiger partial charge in [0.15, 0.2) is 5.96 Å². The van der Waals surface area contributed by atoms with Gasteiger partial charge in [0.05, 0.1) is 12.7 Å². The Balaban J connectivity index is 1.68. The second-order valence-corrected chi connectivity index (χ2v) is 6.04. The highest BCUT2D eigenvalue weighted by Gasteiger charge is 2.05. The third-order valence-electron chi connectivity index (χ3n) is 3.80. The van der Waals surface area contributed by atoms with Gasteiger partial charge in [0.25, 0.3) is 5.91 Å². The number of benzene rings is 1. The van der Waals surface area contributed by atoms with E-state index in [2.05, 4.69) is 25.9 Å². The van der Waals surface area contributed by atoms with Gasteiger partial charge in [-0.3, -0.25) is 14.8 Å². The molecule has 0 aliphatic rings. The van der Waals surface area contributed by atoms with Gasteiger partial charge in [-0.15, -0.1) is 0 Å². The molecular formula is C19H24ClN5O2. The van der Waals surface area contributed by atoms with E-state index in [1.54, 1.807) is 38.6 Å². The number of aromatic nitrogens is 1. The van der Waals surface area contributed by atoms with E-state index in [4.69, 9.17) is 16.3 Å². The van der Waals surface area contributed by atoms with Crippen LogP contribution in [0.4, 0.5) is 0 Å². The van der Waals surface area contributed by atoms with Crippen molar-refractivity contribution in [2.24, 2.45) is 4.99 Å². The lowest BCUT2D eigenvalue weighted by Crippen LogP contribution is -2.42. The number of hydrogen-bond donors (Lipinski definition) is 3. The zero-order valence-corrected chi connectivity index (χ0v) is 16.2.